The van der Waals surface area contributed by atoms with Crippen LogP contribution in [0.2, 0.25) is 0 Å². The average Bonchev–Trinajstić information content (AvgIpc) is 2.89. The number of rotatable bonds is 3. The van der Waals surface area contributed by atoms with Gasteiger partial charge in [0.2, 0.25) is 0 Å². The maximum Gasteiger partial charge on any atom is 0.434 e. The Balaban J connectivity index is 0.00000289. The van der Waals surface area contributed by atoms with Gasteiger partial charge in [-0.25, -0.2) is 23.5 Å². The Labute approximate surface area is 185 Å². The van der Waals surface area contributed by atoms with Crippen molar-refractivity contribution in [1.82, 2.24) is 20.2 Å². The second kappa shape index (κ2) is 8.58. The molecule has 0 aliphatic carbocycles. The highest BCUT2D eigenvalue weighted by molar-refractivity contribution is 6.22. The van der Waals surface area contributed by atoms with Crippen molar-refractivity contribution in [2.45, 2.75) is 31.1 Å². The number of imide groups is 1. The molecule has 0 saturated carbocycles. The first-order valence-electron chi connectivity index (χ1n) is 9.33. The van der Waals surface area contributed by atoms with E-state index < -0.39 is 46.8 Å². The van der Waals surface area contributed by atoms with E-state index in [2.05, 4.69) is 15.3 Å². The minimum Gasteiger partial charge on any atom is -0.317 e. The molecule has 7 nitrogen and oxygen atoms in total. The third kappa shape index (κ3) is 4.11. The lowest BCUT2D eigenvalue weighted by Gasteiger charge is -2.38. The zero-order valence-electron chi connectivity index (χ0n) is 16.3. The van der Waals surface area contributed by atoms with Gasteiger partial charge in [-0.3, -0.25) is 9.78 Å². The third-order valence-corrected chi connectivity index (χ3v) is 5.38. The summed E-state index contributed by atoms with van der Waals surface area (Å²) in [5.41, 5.74) is -2.62. The Bertz CT molecular complexity index is 1020. The van der Waals surface area contributed by atoms with Crippen LogP contribution in [0.15, 0.2) is 30.6 Å². The summed E-state index contributed by atoms with van der Waals surface area (Å²) in [7, 11) is 0. The van der Waals surface area contributed by atoms with Crippen LogP contribution in [0.3, 0.4) is 0 Å². The number of carbonyl (C=O) groups excluding carboxylic acids is 2. The number of benzene rings is 1. The van der Waals surface area contributed by atoms with Gasteiger partial charge in [-0.15, -0.1) is 12.4 Å². The molecule has 13 heteroatoms. The van der Waals surface area contributed by atoms with Crippen LogP contribution in [0, 0.1) is 11.6 Å². The number of nitrogens with zero attached hydrogens (tertiary/aromatic N) is 4. The second-order valence-corrected chi connectivity index (χ2v) is 7.33. The van der Waals surface area contributed by atoms with E-state index in [1.54, 1.807) is 0 Å². The summed E-state index contributed by atoms with van der Waals surface area (Å²) in [6, 6.07) is 1.81. The number of urea groups is 1. The topological polar surface area (TPSA) is 78.4 Å². The smallest absolute Gasteiger partial charge is 0.317 e. The number of carbonyl (C=O) groups is 2. The lowest BCUT2D eigenvalue weighted by Crippen LogP contribution is -2.55. The molecule has 4 rings (SSSR count). The van der Waals surface area contributed by atoms with Crippen molar-refractivity contribution in [2.24, 2.45) is 0 Å². The Hall–Kier alpha value is -2.86. The molecule has 3 amide bonds. The summed E-state index contributed by atoms with van der Waals surface area (Å²) in [5, 5.41) is 3.05. The van der Waals surface area contributed by atoms with Crippen molar-refractivity contribution >= 4 is 30.2 Å². The van der Waals surface area contributed by atoms with Gasteiger partial charge in [0, 0.05) is 12.6 Å². The van der Waals surface area contributed by atoms with Crippen LogP contribution in [0.4, 0.5) is 32.6 Å². The fraction of sp³-hybridized carbons (Fsp3) is 0.368. The Morgan fingerprint density at radius 2 is 1.66 bits per heavy atom. The molecule has 2 saturated heterocycles. The lowest BCUT2D eigenvalue weighted by atomic mass is 9.86. The highest BCUT2D eigenvalue weighted by atomic mass is 35.5. The van der Waals surface area contributed by atoms with Gasteiger partial charge in [-0.1, -0.05) is 0 Å². The second-order valence-electron chi connectivity index (χ2n) is 7.33. The maximum absolute atomic E-state index is 13.7. The van der Waals surface area contributed by atoms with E-state index in [1.165, 1.54) is 0 Å². The Kier molecular flexibility index (Phi) is 6.38. The highest BCUT2D eigenvalue weighted by Gasteiger charge is 2.58. The summed E-state index contributed by atoms with van der Waals surface area (Å²) < 4.78 is 66.5. The van der Waals surface area contributed by atoms with Gasteiger partial charge in [0.05, 0.1) is 12.4 Å². The summed E-state index contributed by atoms with van der Waals surface area (Å²) in [5.74, 6) is -3.01. The number of alkyl halides is 3. The molecule has 32 heavy (non-hydrogen) atoms. The van der Waals surface area contributed by atoms with Crippen LogP contribution >= 0.6 is 12.4 Å². The van der Waals surface area contributed by atoms with Crippen LogP contribution in [0.1, 0.15) is 24.1 Å². The quantitative estimate of drug-likeness (QED) is 0.542. The molecule has 0 bridgehead atoms. The van der Waals surface area contributed by atoms with Gasteiger partial charge in [0.15, 0.2) is 11.5 Å². The number of nitrogens with one attached hydrogen (secondary N) is 1. The molecule has 1 N–H and O–H groups in total. The Morgan fingerprint density at radius 3 is 2.25 bits per heavy atom. The molecule has 2 fully saturated rings. The predicted molar refractivity (Wildman–Crippen MR) is 104 cm³/mol. The first-order chi connectivity index (χ1) is 14.6. The van der Waals surface area contributed by atoms with Crippen molar-refractivity contribution in [2.75, 3.05) is 18.0 Å². The number of halogens is 6. The minimum atomic E-state index is -4.82. The fourth-order valence-corrected chi connectivity index (χ4v) is 3.94. The van der Waals surface area contributed by atoms with Gasteiger partial charge in [0.25, 0.3) is 5.91 Å². The normalized spacial score (nSPS) is 18.3. The number of piperidine rings is 1. The standard InChI is InChI=1S/C19H16F5N5O2.ClH/c20-12-5-11(6-13(21)7-12)10-28-17(31)29(16(30)18(28)1-3-25-4-2-18)15-9-26-8-14(27-15)19(22,23)24;/h5-9,25H,1-4,10H2;1H. The van der Waals surface area contributed by atoms with Gasteiger partial charge >= 0.3 is 12.2 Å². The number of anilines is 1. The maximum atomic E-state index is 13.7. The van der Waals surface area contributed by atoms with E-state index in [9.17, 15) is 31.5 Å². The van der Waals surface area contributed by atoms with Crippen molar-refractivity contribution in [1.29, 1.82) is 0 Å². The molecule has 172 valence electrons. The SMILES string of the molecule is Cl.O=C1N(c2cncc(C(F)(F)F)n2)C(=O)C2(CCNCC2)N1Cc1cc(F)cc(F)c1. The average molecular weight is 478 g/mol. The Morgan fingerprint density at radius 1 is 1.03 bits per heavy atom. The molecule has 0 unspecified atom stereocenters. The first-order valence-corrected chi connectivity index (χ1v) is 9.33. The van der Waals surface area contributed by atoms with E-state index in [-0.39, 0.29) is 37.4 Å². The van der Waals surface area contributed by atoms with Crippen molar-refractivity contribution in [3.8, 4) is 0 Å². The summed E-state index contributed by atoms with van der Waals surface area (Å²) >= 11 is 0. The van der Waals surface area contributed by atoms with E-state index in [0.717, 1.165) is 23.2 Å². The molecular weight excluding hydrogens is 461 g/mol. The fourth-order valence-electron chi connectivity index (χ4n) is 3.94. The molecule has 3 heterocycles. The highest BCUT2D eigenvalue weighted by Crippen LogP contribution is 2.39. The molecule has 1 aromatic heterocycles. The van der Waals surface area contributed by atoms with Crippen LogP contribution in [0.25, 0.3) is 0 Å². The van der Waals surface area contributed by atoms with Crippen LogP contribution in [0.5, 0.6) is 0 Å². The number of hydrogen-bond acceptors (Lipinski definition) is 5. The van der Waals surface area contributed by atoms with E-state index >= 15 is 0 Å². The van der Waals surface area contributed by atoms with Gasteiger partial charge in [0.1, 0.15) is 17.2 Å². The molecule has 2 aliphatic heterocycles. The zero-order valence-corrected chi connectivity index (χ0v) is 17.1. The number of amides is 3. The predicted octanol–water partition coefficient (Wildman–Crippen LogP) is 3.29. The van der Waals surface area contributed by atoms with E-state index in [1.807, 2.05) is 0 Å². The van der Waals surface area contributed by atoms with Gasteiger partial charge < -0.3 is 10.2 Å². The number of hydrogen-bond donors (Lipinski definition) is 1. The molecular formula is C19H17ClF5N5O2. The molecule has 2 aromatic rings. The monoisotopic (exact) mass is 477 g/mol. The van der Waals surface area contributed by atoms with Crippen LogP contribution in [-0.2, 0) is 17.5 Å². The first kappa shape index (κ1) is 23.8. The van der Waals surface area contributed by atoms with Crippen molar-refractivity contribution in [3.05, 3.63) is 53.5 Å². The molecule has 1 aromatic carbocycles. The van der Waals surface area contributed by atoms with Crippen molar-refractivity contribution in [3.63, 3.8) is 0 Å². The van der Waals surface area contributed by atoms with Gasteiger partial charge in [-0.05, 0) is 43.6 Å². The minimum absolute atomic E-state index is 0. The van der Waals surface area contributed by atoms with Crippen LogP contribution in [-0.4, -0.2) is 45.4 Å². The number of aromatic nitrogens is 2. The van der Waals surface area contributed by atoms with E-state index in [0.29, 0.717) is 30.3 Å². The van der Waals surface area contributed by atoms with E-state index in [4.69, 9.17) is 0 Å². The van der Waals surface area contributed by atoms with Gasteiger partial charge in [-0.2, -0.15) is 13.2 Å². The zero-order chi connectivity index (χ0) is 22.4. The molecule has 0 atom stereocenters. The van der Waals surface area contributed by atoms with Crippen molar-refractivity contribution < 1.29 is 31.5 Å². The lowest BCUT2D eigenvalue weighted by molar-refractivity contribution is -0.141. The molecule has 1 spiro atoms. The van der Waals surface area contributed by atoms with Crippen LogP contribution < -0.4 is 10.2 Å². The summed E-state index contributed by atoms with van der Waals surface area (Å²) in [6.07, 6.45) is -3.08. The largest absolute Gasteiger partial charge is 0.434 e. The summed E-state index contributed by atoms with van der Waals surface area (Å²) in [6.45, 7) is 0.437. The molecule has 0 radical (unpaired) electrons. The third-order valence-electron chi connectivity index (χ3n) is 5.38. The molecule has 2 aliphatic rings. The summed E-state index contributed by atoms with van der Waals surface area (Å²) in [4.78, 5) is 35.1.